The van der Waals surface area contributed by atoms with Crippen molar-refractivity contribution in [1.29, 1.82) is 0 Å². The number of nitrogens with zero attached hydrogens (tertiary/aromatic N) is 2. The Bertz CT molecular complexity index is 1210. The molecule has 16 heteroatoms. The number of urea groups is 1. The van der Waals surface area contributed by atoms with Crippen molar-refractivity contribution in [2.75, 3.05) is 6.61 Å². The Morgan fingerprint density at radius 3 is 1.80 bits per heavy atom. The van der Waals surface area contributed by atoms with Crippen molar-refractivity contribution in [2.45, 2.75) is 153 Å². The molecule has 4 rings (SSSR count). The lowest BCUT2D eigenvalue weighted by molar-refractivity contribution is -0.560. The molecule has 0 aromatic rings. The number of carbonyl (C=O) groups excluding carboxylic acids is 2. The van der Waals surface area contributed by atoms with E-state index in [0.29, 0.717) is 0 Å². The van der Waals surface area contributed by atoms with Gasteiger partial charge in [0, 0.05) is 0 Å². The number of aliphatic imine (C=N–C) groups is 1. The van der Waals surface area contributed by atoms with Gasteiger partial charge in [-0.2, -0.15) is 14.8 Å². The number of rotatable bonds is 8. The summed E-state index contributed by atoms with van der Waals surface area (Å²) >= 11 is 0. The second-order valence-electron chi connectivity index (χ2n) is 17.0. The van der Waals surface area contributed by atoms with Crippen molar-refractivity contribution < 1.29 is 37.4 Å². The predicted octanol–water partition coefficient (Wildman–Crippen LogP) is 4.30. The van der Waals surface area contributed by atoms with Crippen LogP contribution in [0, 0.1) is 0 Å². The van der Waals surface area contributed by atoms with E-state index in [2.05, 4.69) is 117 Å². The molecule has 0 bridgehead atoms. The van der Waals surface area contributed by atoms with Gasteiger partial charge in [-0.05, 0) is 54.4 Å². The van der Waals surface area contributed by atoms with Crippen molar-refractivity contribution in [1.82, 2.24) is 15.5 Å². The number of hydrogen-bond donors (Lipinski definition) is 3. The molecule has 252 valence electrons. The van der Waals surface area contributed by atoms with E-state index in [9.17, 15) is 9.59 Å². The van der Waals surface area contributed by atoms with E-state index in [1.807, 2.05) is 0 Å². The normalized spacial score (nSPS) is 33.3. The van der Waals surface area contributed by atoms with Gasteiger partial charge in [0.15, 0.2) is 37.1 Å². The Morgan fingerprint density at radius 2 is 1.34 bits per heavy atom. The number of nitrogens with two attached hydrogens (primary N) is 1. The Balaban J connectivity index is 1.85. The lowest BCUT2D eigenvalue weighted by Crippen LogP contribution is -2.81. The third kappa shape index (κ3) is 5.51. The first-order valence-electron chi connectivity index (χ1n) is 15.4. The van der Waals surface area contributed by atoms with E-state index in [1.165, 1.54) is 4.90 Å². The van der Waals surface area contributed by atoms with Crippen LogP contribution in [0.15, 0.2) is 4.99 Å². The maximum Gasteiger partial charge on any atom is 0.339 e. The molecule has 3 amide bonds. The lowest BCUT2D eigenvalue weighted by Gasteiger charge is -2.51. The molecule has 13 nitrogen and oxygen atoms in total. The first kappa shape index (κ1) is 35.5. The predicted molar refractivity (Wildman–Crippen MR) is 174 cm³/mol. The second-order valence-corrected chi connectivity index (χ2v) is 31.4. The number of ether oxygens (including phenoxy) is 1. The highest BCUT2D eigenvalue weighted by Gasteiger charge is 2.83. The third-order valence-electron chi connectivity index (χ3n) is 10.8. The summed E-state index contributed by atoms with van der Waals surface area (Å²) in [6.07, 6.45) is -3.03. The molecule has 6 atom stereocenters. The lowest BCUT2D eigenvalue weighted by atomic mass is 10.0. The Kier molecular flexibility index (Phi) is 8.52. The van der Waals surface area contributed by atoms with Crippen LogP contribution in [0.5, 0.6) is 0 Å². The van der Waals surface area contributed by atoms with Gasteiger partial charge in [-0.15, -0.1) is 0 Å². The summed E-state index contributed by atoms with van der Waals surface area (Å²) in [7, 11) is -7.14. The minimum atomic E-state index is -2.51. The largest absolute Gasteiger partial charge is 0.414 e. The van der Waals surface area contributed by atoms with Crippen LogP contribution < -0.4 is 16.4 Å². The van der Waals surface area contributed by atoms with Crippen LogP contribution in [0.3, 0.4) is 0 Å². The standard InChI is InChI=1S/C28H55N5O8Si3/c1-24(2,3)42(10,11)36-16-17-18(38-43(12,13)25(4,5)6)19(39-44(14,15)26(7,8)9)20(37-17)33-23(35)32-27-21(34)30-22(29)31-28(27,33)41-40-27/h17-20H,16H2,1-15H3,(H,32,35)(H3,29,30,31,34)/t17-,18-,19-,20-,27+,28+/m1/s1. The van der Waals surface area contributed by atoms with Gasteiger partial charge in [-0.3, -0.25) is 15.4 Å². The van der Waals surface area contributed by atoms with Gasteiger partial charge in [-0.25, -0.2) is 9.69 Å². The number of hydrogen-bond acceptors (Lipinski definition) is 10. The fourth-order valence-electron chi connectivity index (χ4n) is 4.80. The van der Waals surface area contributed by atoms with Crippen molar-refractivity contribution in [3.8, 4) is 0 Å². The highest BCUT2D eigenvalue weighted by molar-refractivity contribution is 6.75. The van der Waals surface area contributed by atoms with Gasteiger partial charge in [0.1, 0.15) is 18.3 Å². The third-order valence-corrected chi connectivity index (χ3v) is 24.3. The summed E-state index contributed by atoms with van der Waals surface area (Å²) in [5.74, 6) is -2.83. The monoisotopic (exact) mass is 673 g/mol. The maximum atomic E-state index is 13.8. The molecular weight excluding hydrogens is 619 g/mol. The first-order valence-corrected chi connectivity index (χ1v) is 24.2. The van der Waals surface area contributed by atoms with Crippen LogP contribution in [0.25, 0.3) is 0 Å². The van der Waals surface area contributed by atoms with Gasteiger partial charge >= 0.3 is 17.6 Å². The SMILES string of the molecule is CC(C)(C)[Si](C)(C)OC[C@H]1O[C@@H](N2C(=O)N[C@@]34OO[C@@]23N=C(N)NC4=O)[C@H](O[Si](C)(C)C(C)(C)C)[C@@H]1O[Si](C)(C)C(C)(C)C. The van der Waals surface area contributed by atoms with Crippen LogP contribution in [-0.4, -0.2) is 90.5 Å². The van der Waals surface area contributed by atoms with Gasteiger partial charge in [-0.1, -0.05) is 62.3 Å². The zero-order chi connectivity index (χ0) is 33.7. The molecule has 0 aromatic heterocycles. The molecule has 0 unspecified atom stereocenters. The van der Waals surface area contributed by atoms with E-state index in [4.69, 9.17) is 33.5 Å². The zero-order valence-electron chi connectivity index (χ0n) is 29.3. The molecule has 0 radical (unpaired) electrons. The highest BCUT2D eigenvalue weighted by atomic mass is 28.4. The van der Waals surface area contributed by atoms with Crippen LogP contribution in [-0.2, 0) is 32.6 Å². The Morgan fingerprint density at radius 1 is 0.841 bits per heavy atom. The fraction of sp³-hybridized carbons (Fsp3) is 0.893. The van der Waals surface area contributed by atoms with E-state index in [0.717, 1.165) is 0 Å². The highest BCUT2D eigenvalue weighted by Crippen LogP contribution is 2.53. The van der Waals surface area contributed by atoms with E-state index < -0.39 is 73.0 Å². The van der Waals surface area contributed by atoms with E-state index in [-0.39, 0.29) is 27.7 Å². The molecule has 0 spiro atoms. The van der Waals surface area contributed by atoms with Gasteiger partial charge in [0.2, 0.25) is 0 Å². The first-order chi connectivity index (χ1) is 19.6. The molecule has 4 aliphatic heterocycles. The van der Waals surface area contributed by atoms with Crippen LogP contribution in [0.4, 0.5) is 4.79 Å². The second kappa shape index (κ2) is 10.6. The number of amides is 3. The molecule has 4 heterocycles. The topological polar surface area (TPSA) is 155 Å². The van der Waals surface area contributed by atoms with Gasteiger partial charge < -0.3 is 23.7 Å². The number of guanidine groups is 1. The summed E-state index contributed by atoms with van der Waals surface area (Å²) in [6.45, 7) is 32.8. The quantitative estimate of drug-likeness (QED) is 0.253. The molecule has 4 aliphatic rings. The summed E-state index contributed by atoms with van der Waals surface area (Å²) in [5.41, 5.74) is 4.07. The summed E-state index contributed by atoms with van der Waals surface area (Å²) < 4.78 is 27.8. The molecule has 3 saturated heterocycles. The van der Waals surface area contributed by atoms with Crippen LogP contribution in [0.2, 0.25) is 54.4 Å². The van der Waals surface area contributed by atoms with Crippen LogP contribution >= 0.6 is 0 Å². The van der Waals surface area contributed by atoms with Crippen LogP contribution in [0.1, 0.15) is 62.3 Å². The average molecular weight is 674 g/mol. The summed E-state index contributed by atoms with van der Waals surface area (Å²) in [4.78, 5) is 43.4. The minimum Gasteiger partial charge on any atom is -0.414 e. The zero-order valence-corrected chi connectivity index (χ0v) is 32.3. The van der Waals surface area contributed by atoms with Gasteiger partial charge in [0.25, 0.3) is 5.91 Å². The smallest absolute Gasteiger partial charge is 0.339 e. The minimum absolute atomic E-state index is 0.0377. The van der Waals surface area contributed by atoms with Crippen molar-refractivity contribution in [2.24, 2.45) is 10.7 Å². The van der Waals surface area contributed by atoms with E-state index >= 15 is 0 Å². The molecule has 0 aliphatic carbocycles. The van der Waals surface area contributed by atoms with Gasteiger partial charge in [0.05, 0.1) is 6.61 Å². The number of nitrogens with one attached hydrogen (secondary N) is 2. The molecular formula is C28H55N5O8Si3. The fourth-order valence-corrected chi connectivity index (χ4v) is 8.41. The molecule has 0 aromatic carbocycles. The summed E-state index contributed by atoms with van der Waals surface area (Å²) in [6, 6.07) is -0.665. The molecule has 4 N–H and O–H groups in total. The average Bonchev–Trinajstić information content (AvgIpc) is 3.20. The molecule has 0 saturated carbocycles. The molecule has 44 heavy (non-hydrogen) atoms. The Labute approximate surface area is 265 Å². The number of carbonyl (C=O) groups is 2. The van der Waals surface area contributed by atoms with Crippen molar-refractivity contribution in [3.05, 3.63) is 0 Å². The maximum absolute atomic E-state index is 13.8. The summed E-state index contributed by atoms with van der Waals surface area (Å²) in [5, 5.41) is 4.73. The van der Waals surface area contributed by atoms with Crippen molar-refractivity contribution in [3.63, 3.8) is 0 Å². The molecule has 3 fully saturated rings. The van der Waals surface area contributed by atoms with Crippen molar-refractivity contribution >= 4 is 42.9 Å². The Hall–Kier alpha value is -1.38. The van der Waals surface area contributed by atoms with E-state index in [1.54, 1.807) is 0 Å².